The number of hydrogen-bond acceptors (Lipinski definition) is 6. The van der Waals surface area contributed by atoms with Crippen molar-refractivity contribution in [3.8, 4) is 28.1 Å². The van der Waals surface area contributed by atoms with Crippen LogP contribution in [0.3, 0.4) is 0 Å². The number of nitrogens with zero attached hydrogens (tertiary/aromatic N) is 2. The summed E-state index contributed by atoms with van der Waals surface area (Å²) < 4.78 is 7.37. The lowest BCUT2D eigenvalue weighted by molar-refractivity contribution is -0.142. The molecule has 1 aromatic heterocycles. The number of carbonyl (C=O) groups is 1. The van der Waals surface area contributed by atoms with E-state index in [4.69, 9.17) is 14.9 Å². The number of aromatic hydroxyl groups is 1. The van der Waals surface area contributed by atoms with E-state index < -0.39 is 12.1 Å². The fourth-order valence-corrected chi connectivity index (χ4v) is 5.20. The molecular formula is C29H36N2O6. The summed E-state index contributed by atoms with van der Waals surface area (Å²) in [5.41, 5.74) is 4.57. The first-order valence-corrected chi connectivity index (χ1v) is 13.0. The molecule has 8 heteroatoms. The van der Waals surface area contributed by atoms with Crippen molar-refractivity contribution >= 4 is 5.97 Å². The fraction of sp³-hybridized carbons (Fsp3) is 0.448. The van der Waals surface area contributed by atoms with Crippen LogP contribution in [0.25, 0.3) is 22.4 Å². The molecule has 198 valence electrons. The third kappa shape index (κ3) is 7.19. The van der Waals surface area contributed by atoms with Crippen LogP contribution in [-0.4, -0.2) is 62.1 Å². The molecule has 8 nitrogen and oxygen atoms in total. The molecule has 4 N–H and O–H groups in total. The average molecular weight is 509 g/mol. The zero-order valence-corrected chi connectivity index (χ0v) is 21.0. The van der Waals surface area contributed by atoms with Gasteiger partial charge in [0.1, 0.15) is 18.1 Å². The third-order valence-corrected chi connectivity index (χ3v) is 7.14. The zero-order chi connectivity index (χ0) is 26.2. The van der Waals surface area contributed by atoms with E-state index in [1.807, 2.05) is 42.5 Å². The molecule has 1 aliphatic carbocycles. The van der Waals surface area contributed by atoms with E-state index in [1.165, 1.54) is 0 Å². The Kier molecular flexibility index (Phi) is 9.33. The Labute approximate surface area is 217 Å². The number of aromatic nitrogens is 2. The second-order valence-electron chi connectivity index (χ2n) is 9.94. The molecule has 0 bridgehead atoms. The Hall–Kier alpha value is -3.20. The largest absolute Gasteiger partial charge is 0.508 e. The summed E-state index contributed by atoms with van der Waals surface area (Å²) >= 11 is 0. The second-order valence-corrected chi connectivity index (χ2v) is 9.94. The van der Waals surface area contributed by atoms with Gasteiger partial charge in [-0.3, -0.25) is 4.68 Å². The van der Waals surface area contributed by atoms with Crippen LogP contribution in [-0.2, 0) is 22.5 Å². The Bertz CT molecular complexity index is 1150. The third-order valence-electron chi connectivity index (χ3n) is 7.14. The van der Waals surface area contributed by atoms with Crippen LogP contribution in [0.1, 0.15) is 37.8 Å². The molecule has 37 heavy (non-hydrogen) atoms. The maximum Gasteiger partial charge on any atom is 0.329 e. The number of ether oxygens (including phenoxy) is 1. The summed E-state index contributed by atoms with van der Waals surface area (Å²) in [4.78, 5) is 10.7. The molecule has 0 saturated heterocycles. The standard InChI is InChI=1S/C29H36N2O6/c32-17-25(34)13-14-26-28(23-7-4-8-24(33)15-23)29(22-5-2-1-3-6-22)30-31(26)16-20-9-11-21(12-10-20)18-37-19-27(35)36/h1-8,15,20-21,25,32-34H,9-14,16-19H2,(H,35,36)/t20-,21-,25-/m0/s1. The first-order valence-electron chi connectivity index (χ1n) is 13.0. The second kappa shape index (κ2) is 12.9. The fourth-order valence-electron chi connectivity index (χ4n) is 5.20. The van der Waals surface area contributed by atoms with Crippen LogP contribution >= 0.6 is 0 Å². The smallest absolute Gasteiger partial charge is 0.329 e. The molecule has 0 spiro atoms. The molecule has 4 rings (SSSR count). The van der Waals surface area contributed by atoms with E-state index in [2.05, 4.69) is 4.68 Å². The SMILES string of the molecule is O=C(O)COC[C@H]1CC[C@H](Cn2nc(-c3ccccc3)c(-c3cccc(O)c3)c2CC[C@H](O)CO)CC1. The molecular weight excluding hydrogens is 472 g/mol. The molecule has 1 fully saturated rings. The van der Waals surface area contributed by atoms with Crippen molar-refractivity contribution < 1.29 is 30.0 Å². The molecule has 0 aliphatic heterocycles. The summed E-state index contributed by atoms with van der Waals surface area (Å²) in [5, 5.41) is 43.6. The van der Waals surface area contributed by atoms with Crippen LogP contribution in [0.15, 0.2) is 54.6 Å². The Morgan fingerprint density at radius 1 is 1.03 bits per heavy atom. The van der Waals surface area contributed by atoms with Gasteiger partial charge in [0.05, 0.1) is 19.3 Å². The number of carboxylic acids is 1. The van der Waals surface area contributed by atoms with Gasteiger partial charge in [-0.2, -0.15) is 5.10 Å². The van der Waals surface area contributed by atoms with Crippen LogP contribution in [0.4, 0.5) is 0 Å². The highest BCUT2D eigenvalue weighted by molar-refractivity contribution is 5.83. The van der Waals surface area contributed by atoms with Gasteiger partial charge in [-0.1, -0.05) is 42.5 Å². The Morgan fingerprint density at radius 2 is 1.73 bits per heavy atom. The van der Waals surface area contributed by atoms with E-state index in [0.717, 1.165) is 60.3 Å². The first-order chi connectivity index (χ1) is 17.9. The van der Waals surface area contributed by atoms with Gasteiger partial charge in [-0.15, -0.1) is 0 Å². The minimum atomic E-state index is -0.942. The van der Waals surface area contributed by atoms with E-state index in [-0.39, 0.29) is 19.0 Å². The Balaban J connectivity index is 1.62. The number of hydrogen-bond donors (Lipinski definition) is 4. The van der Waals surface area contributed by atoms with Gasteiger partial charge in [0, 0.05) is 23.4 Å². The molecule has 1 heterocycles. The number of carboxylic acid groups (broad SMARTS) is 1. The number of phenols is 1. The molecule has 3 aromatic rings. The zero-order valence-electron chi connectivity index (χ0n) is 21.0. The quantitative estimate of drug-likeness (QED) is 0.290. The summed E-state index contributed by atoms with van der Waals surface area (Å²) in [5.74, 6) is 0.0185. The molecule has 0 unspecified atom stereocenters. The van der Waals surface area contributed by atoms with Gasteiger partial charge in [0.15, 0.2) is 0 Å². The highest BCUT2D eigenvalue weighted by Crippen LogP contribution is 2.38. The number of aliphatic hydroxyl groups is 2. The van der Waals surface area contributed by atoms with Crippen molar-refractivity contribution in [2.45, 2.75) is 51.2 Å². The van der Waals surface area contributed by atoms with Crippen molar-refractivity contribution in [3.05, 3.63) is 60.3 Å². The number of aliphatic carboxylic acids is 1. The maximum atomic E-state index is 10.7. The Morgan fingerprint density at radius 3 is 2.41 bits per heavy atom. The lowest BCUT2D eigenvalue weighted by atomic mass is 9.82. The molecule has 0 radical (unpaired) electrons. The number of aliphatic hydroxyl groups excluding tert-OH is 2. The average Bonchev–Trinajstić information content (AvgIpc) is 3.26. The van der Waals surface area contributed by atoms with E-state index in [9.17, 15) is 20.1 Å². The van der Waals surface area contributed by atoms with Gasteiger partial charge in [-0.25, -0.2) is 4.79 Å². The minimum absolute atomic E-state index is 0.175. The summed E-state index contributed by atoms with van der Waals surface area (Å²) in [6, 6.07) is 17.1. The topological polar surface area (TPSA) is 125 Å². The predicted molar refractivity (Wildman–Crippen MR) is 140 cm³/mol. The highest BCUT2D eigenvalue weighted by Gasteiger charge is 2.26. The number of rotatable bonds is 12. The van der Waals surface area contributed by atoms with Crippen LogP contribution < -0.4 is 0 Å². The van der Waals surface area contributed by atoms with Gasteiger partial charge in [0.25, 0.3) is 0 Å². The molecule has 2 aromatic carbocycles. The minimum Gasteiger partial charge on any atom is -0.508 e. The van der Waals surface area contributed by atoms with Crippen molar-refractivity contribution in [3.63, 3.8) is 0 Å². The lowest BCUT2D eigenvalue weighted by Crippen LogP contribution is -2.24. The molecule has 0 amide bonds. The normalized spacial score (nSPS) is 18.5. The lowest BCUT2D eigenvalue weighted by Gasteiger charge is -2.28. The van der Waals surface area contributed by atoms with Gasteiger partial charge in [-0.05, 0) is 68.1 Å². The maximum absolute atomic E-state index is 10.7. The van der Waals surface area contributed by atoms with Gasteiger partial charge < -0.3 is 25.2 Å². The van der Waals surface area contributed by atoms with E-state index >= 15 is 0 Å². The number of phenolic OH excluding ortho intramolecular Hbond substituents is 1. The molecule has 1 aliphatic rings. The van der Waals surface area contributed by atoms with E-state index in [1.54, 1.807) is 12.1 Å². The van der Waals surface area contributed by atoms with E-state index in [0.29, 0.717) is 31.3 Å². The van der Waals surface area contributed by atoms with Crippen LogP contribution in [0.5, 0.6) is 5.75 Å². The molecule has 1 saturated carbocycles. The summed E-state index contributed by atoms with van der Waals surface area (Å²) in [7, 11) is 0. The van der Waals surface area contributed by atoms with Crippen LogP contribution in [0, 0.1) is 11.8 Å². The molecule has 1 atom stereocenters. The van der Waals surface area contributed by atoms with Crippen molar-refractivity contribution in [1.29, 1.82) is 0 Å². The van der Waals surface area contributed by atoms with Gasteiger partial charge >= 0.3 is 5.97 Å². The van der Waals surface area contributed by atoms with Crippen molar-refractivity contribution in [1.82, 2.24) is 9.78 Å². The van der Waals surface area contributed by atoms with Crippen molar-refractivity contribution in [2.75, 3.05) is 19.8 Å². The van der Waals surface area contributed by atoms with Gasteiger partial charge in [0.2, 0.25) is 0 Å². The predicted octanol–water partition coefficient (Wildman–Crippen LogP) is 4.12. The summed E-state index contributed by atoms with van der Waals surface area (Å²) in [6.45, 7) is 0.655. The number of benzene rings is 2. The summed E-state index contributed by atoms with van der Waals surface area (Å²) in [6.07, 6.45) is 4.08. The highest BCUT2D eigenvalue weighted by atomic mass is 16.5. The van der Waals surface area contributed by atoms with Crippen LogP contribution in [0.2, 0.25) is 0 Å². The first kappa shape index (κ1) is 26.9. The van der Waals surface area contributed by atoms with Crippen molar-refractivity contribution in [2.24, 2.45) is 11.8 Å². The monoisotopic (exact) mass is 508 g/mol.